The highest BCUT2D eigenvalue weighted by Gasteiger charge is 2.19. The maximum Gasteiger partial charge on any atom is 0.243 e. The first-order chi connectivity index (χ1) is 9.36. The van der Waals surface area contributed by atoms with Gasteiger partial charge >= 0.3 is 0 Å². The Morgan fingerprint density at radius 1 is 1.15 bits per heavy atom. The van der Waals surface area contributed by atoms with Crippen LogP contribution in [0.3, 0.4) is 0 Å². The molecule has 0 unspecified atom stereocenters. The first-order valence-electron chi connectivity index (χ1n) is 5.97. The Bertz CT molecular complexity index is 379. The van der Waals surface area contributed by atoms with Crippen molar-refractivity contribution in [3.8, 4) is 0 Å². The van der Waals surface area contributed by atoms with Gasteiger partial charge in [0.1, 0.15) is 6.04 Å². The van der Waals surface area contributed by atoms with Gasteiger partial charge in [-0.15, -0.1) is 0 Å². The molecule has 0 spiro atoms. The predicted octanol–water partition coefficient (Wildman–Crippen LogP) is -3.91. The number of hydrogen-bond acceptors (Lipinski definition) is 5. The number of nitrogens with two attached hydrogens (primary N) is 4. The summed E-state index contributed by atoms with van der Waals surface area (Å²) in [5.41, 5.74) is 20.4. The SMILES string of the molecule is NCC(=O)N[C@@H](CCCN=C(N)N)C(=O)NCC(N)=O. The van der Waals surface area contributed by atoms with Crippen molar-refractivity contribution in [3.05, 3.63) is 0 Å². The largest absolute Gasteiger partial charge is 0.370 e. The zero-order valence-corrected chi connectivity index (χ0v) is 11.1. The molecule has 114 valence electrons. The molecule has 0 rings (SSSR count). The van der Waals surface area contributed by atoms with Crippen molar-refractivity contribution in [1.29, 1.82) is 0 Å². The summed E-state index contributed by atoms with van der Waals surface area (Å²) in [6.45, 7) is -0.227. The van der Waals surface area contributed by atoms with Crippen molar-refractivity contribution in [2.45, 2.75) is 18.9 Å². The zero-order valence-electron chi connectivity index (χ0n) is 11.1. The molecule has 0 saturated carbocycles. The summed E-state index contributed by atoms with van der Waals surface area (Å²) in [6, 6.07) is -0.820. The zero-order chi connectivity index (χ0) is 15.5. The Labute approximate surface area is 116 Å². The summed E-state index contributed by atoms with van der Waals surface area (Å²) in [4.78, 5) is 37.4. The topological polar surface area (TPSA) is 192 Å². The molecule has 10 N–H and O–H groups in total. The lowest BCUT2D eigenvalue weighted by molar-refractivity contribution is -0.129. The van der Waals surface area contributed by atoms with Crippen LogP contribution in [-0.4, -0.2) is 49.4 Å². The highest BCUT2D eigenvalue weighted by molar-refractivity contribution is 5.90. The predicted molar refractivity (Wildman–Crippen MR) is 73.1 cm³/mol. The molecule has 0 aromatic rings. The van der Waals surface area contributed by atoms with E-state index in [-0.39, 0.29) is 19.0 Å². The molecular weight excluding hydrogens is 266 g/mol. The molecule has 0 fully saturated rings. The molecule has 0 saturated heterocycles. The molecule has 1 atom stereocenters. The van der Waals surface area contributed by atoms with Gasteiger partial charge in [-0.05, 0) is 12.8 Å². The minimum absolute atomic E-state index is 0.0503. The van der Waals surface area contributed by atoms with Crippen molar-refractivity contribution in [2.24, 2.45) is 27.9 Å². The smallest absolute Gasteiger partial charge is 0.243 e. The summed E-state index contributed by atoms with van der Waals surface area (Å²) in [5, 5.41) is 4.75. The van der Waals surface area contributed by atoms with Crippen LogP contribution >= 0.6 is 0 Å². The standard InChI is InChI=1S/C10H21N7O3/c11-4-8(19)17-6(2-1-3-15-10(13)14)9(20)16-5-7(12)18/h6H,1-5,11H2,(H2,12,18)(H,16,20)(H,17,19)(H4,13,14,15)/t6-/m0/s1. The number of guanidine groups is 1. The fourth-order valence-electron chi connectivity index (χ4n) is 1.32. The molecular formula is C10H21N7O3. The number of aliphatic imine (C=N–C) groups is 1. The minimum atomic E-state index is -0.820. The molecule has 0 heterocycles. The van der Waals surface area contributed by atoms with E-state index < -0.39 is 23.8 Å². The third kappa shape index (κ3) is 8.69. The van der Waals surface area contributed by atoms with E-state index in [1.165, 1.54) is 0 Å². The number of amides is 3. The molecule has 0 aliphatic carbocycles. The quantitative estimate of drug-likeness (QED) is 0.142. The number of rotatable bonds is 9. The van der Waals surface area contributed by atoms with Gasteiger partial charge in [0.2, 0.25) is 17.7 Å². The van der Waals surface area contributed by atoms with E-state index in [1.54, 1.807) is 0 Å². The molecule has 10 heteroatoms. The van der Waals surface area contributed by atoms with Crippen LogP contribution in [-0.2, 0) is 14.4 Å². The monoisotopic (exact) mass is 287 g/mol. The lowest BCUT2D eigenvalue weighted by Gasteiger charge is -2.17. The van der Waals surface area contributed by atoms with Gasteiger partial charge < -0.3 is 33.6 Å². The van der Waals surface area contributed by atoms with Crippen molar-refractivity contribution in [1.82, 2.24) is 10.6 Å². The average Bonchev–Trinajstić information content (AvgIpc) is 2.38. The summed E-state index contributed by atoms with van der Waals surface area (Å²) in [6.07, 6.45) is 0.768. The molecule has 0 bridgehead atoms. The summed E-state index contributed by atoms with van der Waals surface area (Å²) >= 11 is 0. The van der Waals surface area contributed by atoms with Crippen LogP contribution in [0.15, 0.2) is 4.99 Å². The van der Waals surface area contributed by atoms with Gasteiger partial charge in [-0.2, -0.15) is 0 Å². The van der Waals surface area contributed by atoms with Crippen LogP contribution in [0.25, 0.3) is 0 Å². The van der Waals surface area contributed by atoms with Gasteiger partial charge in [0, 0.05) is 6.54 Å². The average molecular weight is 287 g/mol. The second kappa shape index (κ2) is 9.55. The minimum Gasteiger partial charge on any atom is -0.370 e. The van der Waals surface area contributed by atoms with Gasteiger partial charge in [-0.1, -0.05) is 0 Å². The normalized spacial score (nSPS) is 11.2. The summed E-state index contributed by atoms with van der Waals surface area (Å²) < 4.78 is 0. The van der Waals surface area contributed by atoms with Crippen LogP contribution < -0.4 is 33.6 Å². The Hall–Kier alpha value is -2.36. The molecule has 0 aromatic carbocycles. The first-order valence-corrected chi connectivity index (χ1v) is 5.97. The highest BCUT2D eigenvalue weighted by Crippen LogP contribution is 1.98. The number of primary amides is 1. The van der Waals surface area contributed by atoms with Gasteiger partial charge in [0.25, 0.3) is 0 Å². The fourth-order valence-corrected chi connectivity index (χ4v) is 1.32. The van der Waals surface area contributed by atoms with Crippen LogP contribution in [0.1, 0.15) is 12.8 Å². The van der Waals surface area contributed by atoms with Crippen molar-refractivity contribution in [2.75, 3.05) is 19.6 Å². The van der Waals surface area contributed by atoms with E-state index in [9.17, 15) is 14.4 Å². The van der Waals surface area contributed by atoms with Crippen LogP contribution in [0.2, 0.25) is 0 Å². The van der Waals surface area contributed by atoms with Crippen molar-refractivity contribution >= 4 is 23.7 Å². The Kier molecular flexibility index (Phi) is 8.43. The maximum absolute atomic E-state index is 11.8. The molecule has 0 aromatic heterocycles. The molecule has 3 amide bonds. The highest BCUT2D eigenvalue weighted by atomic mass is 16.2. The fraction of sp³-hybridized carbons (Fsp3) is 0.600. The Balaban J connectivity index is 4.39. The molecule has 10 nitrogen and oxygen atoms in total. The second-order valence-corrected chi connectivity index (χ2v) is 3.96. The van der Waals surface area contributed by atoms with E-state index in [4.69, 9.17) is 22.9 Å². The van der Waals surface area contributed by atoms with Gasteiger partial charge in [0.05, 0.1) is 13.1 Å². The van der Waals surface area contributed by atoms with E-state index in [1.807, 2.05) is 0 Å². The second-order valence-electron chi connectivity index (χ2n) is 3.96. The van der Waals surface area contributed by atoms with E-state index in [0.29, 0.717) is 19.4 Å². The molecule has 0 radical (unpaired) electrons. The van der Waals surface area contributed by atoms with Gasteiger partial charge in [0.15, 0.2) is 5.96 Å². The molecule has 0 aliphatic rings. The number of nitrogens with zero attached hydrogens (tertiary/aromatic N) is 1. The molecule has 0 aliphatic heterocycles. The molecule has 20 heavy (non-hydrogen) atoms. The number of hydrogen-bond donors (Lipinski definition) is 6. The lowest BCUT2D eigenvalue weighted by atomic mass is 10.1. The third-order valence-corrected chi connectivity index (χ3v) is 2.22. The maximum atomic E-state index is 11.8. The Morgan fingerprint density at radius 3 is 2.30 bits per heavy atom. The van der Waals surface area contributed by atoms with E-state index in [2.05, 4.69) is 15.6 Å². The number of carbonyl (C=O) groups excluding carboxylic acids is 3. The Morgan fingerprint density at radius 2 is 1.80 bits per heavy atom. The van der Waals surface area contributed by atoms with Gasteiger partial charge in [-0.25, -0.2) is 0 Å². The number of nitrogens with one attached hydrogen (secondary N) is 2. The van der Waals surface area contributed by atoms with E-state index >= 15 is 0 Å². The van der Waals surface area contributed by atoms with Crippen LogP contribution in [0.4, 0.5) is 0 Å². The lowest BCUT2D eigenvalue weighted by Crippen LogP contribution is -2.49. The third-order valence-electron chi connectivity index (χ3n) is 2.22. The van der Waals surface area contributed by atoms with Crippen LogP contribution in [0.5, 0.6) is 0 Å². The van der Waals surface area contributed by atoms with Crippen molar-refractivity contribution < 1.29 is 14.4 Å². The number of carbonyl (C=O) groups is 3. The first kappa shape index (κ1) is 17.6. The van der Waals surface area contributed by atoms with Crippen molar-refractivity contribution in [3.63, 3.8) is 0 Å². The van der Waals surface area contributed by atoms with Crippen LogP contribution in [0, 0.1) is 0 Å². The van der Waals surface area contributed by atoms with E-state index in [0.717, 1.165) is 0 Å². The summed E-state index contributed by atoms with van der Waals surface area (Å²) in [5.74, 6) is -1.73. The summed E-state index contributed by atoms with van der Waals surface area (Å²) in [7, 11) is 0. The van der Waals surface area contributed by atoms with Gasteiger partial charge in [-0.3, -0.25) is 19.4 Å².